The molecule has 1 aromatic heterocycles. The predicted octanol–water partition coefficient (Wildman–Crippen LogP) is 5.69. The van der Waals surface area contributed by atoms with E-state index < -0.39 is 0 Å². The van der Waals surface area contributed by atoms with Gasteiger partial charge in [0.1, 0.15) is 11.6 Å². The Hall–Kier alpha value is -3.21. The third kappa shape index (κ3) is 6.27. The minimum absolute atomic E-state index is 0.125. The monoisotopic (exact) mass is 470 g/mol. The van der Waals surface area contributed by atoms with E-state index in [0.29, 0.717) is 13.1 Å². The molecule has 0 unspecified atom stereocenters. The standard InChI is InChI=1S/C30H38N4O/c1-5-6-7-8-25-13-15-27(16-14-25)30(35)34-19-17-33(18-20-34)29-28(23(3)31-24(4)32-29)21-26-11-9-22(2)10-12-26/h9-16H,5-8,17-21H2,1-4H3. The van der Waals surface area contributed by atoms with Gasteiger partial charge in [-0.25, -0.2) is 9.97 Å². The second kappa shape index (κ2) is 11.5. The third-order valence-electron chi connectivity index (χ3n) is 6.94. The first-order valence-electron chi connectivity index (χ1n) is 13.0. The van der Waals surface area contributed by atoms with Gasteiger partial charge in [-0.2, -0.15) is 0 Å². The van der Waals surface area contributed by atoms with Crippen molar-refractivity contribution in [2.45, 2.75) is 59.8 Å². The summed E-state index contributed by atoms with van der Waals surface area (Å²) in [5, 5.41) is 0. The van der Waals surface area contributed by atoms with E-state index in [9.17, 15) is 4.79 Å². The zero-order chi connectivity index (χ0) is 24.8. The molecule has 0 radical (unpaired) electrons. The van der Waals surface area contributed by atoms with E-state index in [0.717, 1.165) is 48.8 Å². The van der Waals surface area contributed by atoms with Gasteiger partial charge < -0.3 is 9.80 Å². The molecule has 2 aromatic carbocycles. The van der Waals surface area contributed by atoms with Crippen LogP contribution in [0, 0.1) is 20.8 Å². The summed E-state index contributed by atoms with van der Waals surface area (Å²) in [5.74, 6) is 1.93. The lowest BCUT2D eigenvalue weighted by atomic mass is 10.0. The van der Waals surface area contributed by atoms with Crippen molar-refractivity contribution < 1.29 is 4.79 Å². The molecule has 3 aromatic rings. The molecule has 184 valence electrons. The number of rotatable bonds is 8. The Morgan fingerprint density at radius 3 is 2.14 bits per heavy atom. The van der Waals surface area contributed by atoms with Crippen molar-refractivity contribution in [1.82, 2.24) is 14.9 Å². The van der Waals surface area contributed by atoms with E-state index in [-0.39, 0.29) is 5.91 Å². The van der Waals surface area contributed by atoms with E-state index in [1.807, 2.05) is 24.0 Å². The van der Waals surface area contributed by atoms with Gasteiger partial charge in [0, 0.05) is 49.4 Å². The molecule has 0 saturated carbocycles. The van der Waals surface area contributed by atoms with Gasteiger partial charge in [0.2, 0.25) is 0 Å². The van der Waals surface area contributed by atoms with Crippen LogP contribution in [0.1, 0.15) is 70.3 Å². The quantitative estimate of drug-likeness (QED) is 0.397. The highest BCUT2D eigenvalue weighted by molar-refractivity contribution is 5.94. The van der Waals surface area contributed by atoms with Crippen LogP contribution >= 0.6 is 0 Å². The number of nitrogens with zero attached hydrogens (tertiary/aromatic N) is 4. The second-order valence-electron chi connectivity index (χ2n) is 9.75. The zero-order valence-corrected chi connectivity index (χ0v) is 21.7. The number of aromatic nitrogens is 2. The molecule has 0 spiro atoms. The topological polar surface area (TPSA) is 49.3 Å². The first kappa shape index (κ1) is 24.9. The summed E-state index contributed by atoms with van der Waals surface area (Å²) in [7, 11) is 0. The third-order valence-corrected chi connectivity index (χ3v) is 6.94. The van der Waals surface area contributed by atoms with Gasteiger partial charge >= 0.3 is 0 Å². The second-order valence-corrected chi connectivity index (χ2v) is 9.75. The molecule has 0 bridgehead atoms. The number of hydrogen-bond acceptors (Lipinski definition) is 4. The SMILES string of the molecule is CCCCCc1ccc(C(=O)N2CCN(c3nc(C)nc(C)c3Cc3ccc(C)cc3)CC2)cc1. The molecule has 1 aliphatic rings. The van der Waals surface area contributed by atoms with Crippen LogP contribution in [0.3, 0.4) is 0 Å². The van der Waals surface area contributed by atoms with Gasteiger partial charge in [0.15, 0.2) is 0 Å². The van der Waals surface area contributed by atoms with Crippen LogP contribution in [-0.2, 0) is 12.8 Å². The Kier molecular flexibility index (Phi) is 8.17. The summed E-state index contributed by atoms with van der Waals surface area (Å²) >= 11 is 0. The molecule has 1 aliphatic heterocycles. The number of anilines is 1. The number of benzene rings is 2. The molecular weight excluding hydrogens is 432 g/mol. The Labute approximate surface area is 210 Å². The fourth-order valence-electron chi connectivity index (χ4n) is 4.79. The molecule has 2 heterocycles. The summed E-state index contributed by atoms with van der Waals surface area (Å²) in [4.78, 5) is 26.9. The van der Waals surface area contributed by atoms with Crippen molar-refractivity contribution in [2.24, 2.45) is 0 Å². The highest BCUT2D eigenvalue weighted by Crippen LogP contribution is 2.25. The molecule has 0 aliphatic carbocycles. The molecule has 1 amide bonds. The van der Waals surface area contributed by atoms with Crippen LogP contribution in [-0.4, -0.2) is 47.0 Å². The van der Waals surface area contributed by atoms with E-state index in [1.165, 1.54) is 41.5 Å². The van der Waals surface area contributed by atoms with Gasteiger partial charge in [0.25, 0.3) is 5.91 Å². The lowest BCUT2D eigenvalue weighted by Crippen LogP contribution is -2.49. The minimum atomic E-state index is 0.125. The minimum Gasteiger partial charge on any atom is -0.353 e. The average molecular weight is 471 g/mol. The number of piperazine rings is 1. The Morgan fingerprint density at radius 1 is 0.829 bits per heavy atom. The van der Waals surface area contributed by atoms with Gasteiger partial charge in [-0.3, -0.25) is 4.79 Å². The lowest BCUT2D eigenvalue weighted by Gasteiger charge is -2.36. The summed E-state index contributed by atoms with van der Waals surface area (Å²) in [6, 6.07) is 16.9. The van der Waals surface area contributed by atoms with Crippen LogP contribution in [0.25, 0.3) is 0 Å². The van der Waals surface area contributed by atoms with Crippen LogP contribution in [0.2, 0.25) is 0 Å². The van der Waals surface area contributed by atoms with Crippen molar-refractivity contribution in [3.8, 4) is 0 Å². The molecule has 5 nitrogen and oxygen atoms in total. The maximum atomic E-state index is 13.1. The maximum absolute atomic E-state index is 13.1. The number of aryl methyl sites for hydroxylation is 4. The summed E-state index contributed by atoms with van der Waals surface area (Å²) in [6.45, 7) is 11.3. The Bertz CT molecular complexity index is 1130. The van der Waals surface area contributed by atoms with Crippen LogP contribution in [0.5, 0.6) is 0 Å². The number of carbonyl (C=O) groups is 1. The lowest BCUT2D eigenvalue weighted by molar-refractivity contribution is 0.0746. The summed E-state index contributed by atoms with van der Waals surface area (Å²) in [6.07, 6.45) is 5.59. The van der Waals surface area contributed by atoms with Gasteiger partial charge in [0.05, 0.1) is 0 Å². The smallest absolute Gasteiger partial charge is 0.253 e. The Morgan fingerprint density at radius 2 is 1.49 bits per heavy atom. The molecule has 4 rings (SSSR count). The number of unbranched alkanes of at least 4 members (excludes halogenated alkanes) is 2. The van der Waals surface area contributed by atoms with Gasteiger partial charge in [-0.05, 0) is 56.9 Å². The predicted molar refractivity (Wildman–Crippen MR) is 143 cm³/mol. The molecule has 0 N–H and O–H groups in total. The van der Waals surface area contributed by atoms with Crippen molar-refractivity contribution >= 4 is 11.7 Å². The first-order chi connectivity index (χ1) is 16.9. The highest BCUT2D eigenvalue weighted by Gasteiger charge is 2.25. The normalized spacial score (nSPS) is 13.8. The highest BCUT2D eigenvalue weighted by atomic mass is 16.2. The van der Waals surface area contributed by atoms with Crippen LogP contribution in [0.4, 0.5) is 5.82 Å². The average Bonchev–Trinajstić information content (AvgIpc) is 2.87. The van der Waals surface area contributed by atoms with E-state index in [4.69, 9.17) is 4.98 Å². The van der Waals surface area contributed by atoms with Crippen molar-refractivity contribution in [2.75, 3.05) is 31.1 Å². The number of carbonyl (C=O) groups excluding carboxylic acids is 1. The number of hydrogen-bond donors (Lipinski definition) is 0. The molecular formula is C30H38N4O. The largest absolute Gasteiger partial charge is 0.353 e. The summed E-state index contributed by atoms with van der Waals surface area (Å²) in [5.41, 5.74) is 6.84. The van der Waals surface area contributed by atoms with Crippen molar-refractivity contribution in [3.05, 3.63) is 87.9 Å². The van der Waals surface area contributed by atoms with E-state index in [2.05, 4.69) is 67.1 Å². The Balaban J connectivity index is 1.42. The molecule has 1 fully saturated rings. The fraction of sp³-hybridized carbons (Fsp3) is 0.433. The van der Waals surface area contributed by atoms with Gasteiger partial charge in [-0.1, -0.05) is 61.7 Å². The summed E-state index contributed by atoms with van der Waals surface area (Å²) < 4.78 is 0. The molecule has 5 heteroatoms. The van der Waals surface area contributed by atoms with E-state index >= 15 is 0 Å². The number of amides is 1. The van der Waals surface area contributed by atoms with Crippen molar-refractivity contribution in [1.29, 1.82) is 0 Å². The first-order valence-corrected chi connectivity index (χ1v) is 13.0. The molecule has 0 atom stereocenters. The van der Waals surface area contributed by atoms with E-state index in [1.54, 1.807) is 0 Å². The zero-order valence-electron chi connectivity index (χ0n) is 21.7. The molecule has 1 saturated heterocycles. The molecule has 35 heavy (non-hydrogen) atoms. The van der Waals surface area contributed by atoms with Crippen molar-refractivity contribution in [3.63, 3.8) is 0 Å². The fourth-order valence-corrected chi connectivity index (χ4v) is 4.79. The van der Waals surface area contributed by atoms with Crippen LogP contribution < -0.4 is 4.90 Å². The maximum Gasteiger partial charge on any atom is 0.253 e. The van der Waals surface area contributed by atoms with Crippen LogP contribution in [0.15, 0.2) is 48.5 Å². The van der Waals surface area contributed by atoms with Gasteiger partial charge in [-0.15, -0.1) is 0 Å².